The van der Waals surface area contributed by atoms with Gasteiger partial charge in [-0.3, -0.25) is 9.59 Å². The smallest absolute Gasteiger partial charge is 0.277 e. The molecule has 0 aliphatic carbocycles. The zero-order chi connectivity index (χ0) is 19.5. The summed E-state index contributed by atoms with van der Waals surface area (Å²) in [6, 6.07) is 16.7. The highest BCUT2D eigenvalue weighted by molar-refractivity contribution is 6.06. The van der Waals surface area contributed by atoms with Crippen molar-refractivity contribution < 1.29 is 9.59 Å². The number of amides is 2. The summed E-state index contributed by atoms with van der Waals surface area (Å²) in [6.07, 6.45) is 2.40. The lowest BCUT2D eigenvalue weighted by Gasteiger charge is -2.17. The summed E-state index contributed by atoms with van der Waals surface area (Å²) >= 11 is 0. The van der Waals surface area contributed by atoms with Gasteiger partial charge in [0.25, 0.3) is 5.91 Å². The Balaban J connectivity index is 1.54. The average molecular weight is 373 g/mol. The van der Waals surface area contributed by atoms with E-state index in [1.54, 1.807) is 29.3 Å². The molecule has 0 spiro atoms. The van der Waals surface area contributed by atoms with Crippen molar-refractivity contribution in [1.29, 1.82) is 0 Å². The van der Waals surface area contributed by atoms with Gasteiger partial charge in [0.2, 0.25) is 11.9 Å². The molecule has 0 saturated carbocycles. The van der Waals surface area contributed by atoms with Crippen LogP contribution in [0.25, 0.3) is 0 Å². The van der Waals surface area contributed by atoms with Crippen molar-refractivity contribution in [2.75, 3.05) is 22.1 Å². The molecule has 0 saturated heterocycles. The van der Waals surface area contributed by atoms with Crippen LogP contribution in [0.4, 0.5) is 23.0 Å². The minimum atomic E-state index is -0.151. The summed E-state index contributed by atoms with van der Waals surface area (Å²) in [4.78, 5) is 34.5. The molecule has 2 N–H and O–H groups in total. The fourth-order valence-electron chi connectivity index (χ4n) is 3.23. The number of para-hydroxylation sites is 1. The summed E-state index contributed by atoms with van der Waals surface area (Å²) in [6.45, 7) is 2.10. The van der Waals surface area contributed by atoms with Crippen molar-refractivity contribution in [3.63, 3.8) is 0 Å². The fourth-order valence-corrected chi connectivity index (χ4v) is 3.23. The first kappa shape index (κ1) is 17.7. The molecule has 4 rings (SSSR count). The molecular weight excluding hydrogens is 354 g/mol. The first-order chi connectivity index (χ1) is 13.6. The van der Waals surface area contributed by atoms with Crippen LogP contribution >= 0.6 is 0 Å². The Kier molecular flexibility index (Phi) is 4.72. The molecule has 7 nitrogen and oxygen atoms in total. The third-order valence-electron chi connectivity index (χ3n) is 4.45. The molecule has 0 unspecified atom stereocenters. The van der Waals surface area contributed by atoms with Crippen LogP contribution in [0, 0.1) is 0 Å². The monoisotopic (exact) mass is 373 g/mol. The van der Waals surface area contributed by atoms with Crippen molar-refractivity contribution in [3.8, 4) is 0 Å². The maximum absolute atomic E-state index is 13.0. The summed E-state index contributed by atoms with van der Waals surface area (Å²) in [7, 11) is 0. The number of nitrogens with zero attached hydrogens (tertiary/aromatic N) is 3. The molecule has 2 amide bonds. The number of carbonyl (C=O) groups is 2. The first-order valence-electron chi connectivity index (χ1n) is 8.97. The number of nitrogens with one attached hydrogen (secondary N) is 2. The Morgan fingerprint density at radius 2 is 1.86 bits per heavy atom. The van der Waals surface area contributed by atoms with Crippen LogP contribution in [-0.4, -0.2) is 28.3 Å². The molecule has 3 aromatic rings. The number of fused-ring (bicyclic) bond motifs is 1. The number of aromatic nitrogens is 2. The van der Waals surface area contributed by atoms with E-state index >= 15 is 0 Å². The van der Waals surface area contributed by atoms with Crippen LogP contribution in [0.5, 0.6) is 0 Å². The summed E-state index contributed by atoms with van der Waals surface area (Å²) in [5.41, 5.74) is 3.80. The van der Waals surface area contributed by atoms with Crippen LogP contribution in [0.15, 0.2) is 60.8 Å². The van der Waals surface area contributed by atoms with Crippen molar-refractivity contribution in [2.45, 2.75) is 13.3 Å². The fraction of sp³-hybridized carbons (Fsp3) is 0.143. The molecule has 1 aromatic heterocycles. The maximum atomic E-state index is 13.0. The lowest BCUT2D eigenvalue weighted by Crippen LogP contribution is -2.29. The van der Waals surface area contributed by atoms with Gasteiger partial charge < -0.3 is 15.5 Å². The zero-order valence-electron chi connectivity index (χ0n) is 15.3. The molecule has 0 atom stereocenters. The number of benzene rings is 2. The summed E-state index contributed by atoms with van der Waals surface area (Å²) in [5.74, 6) is 0.0209. The largest absolute Gasteiger partial charge is 0.326 e. The highest BCUT2D eigenvalue weighted by Crippen LogP contribution is 2.28. The van der Waals surface area contributed by atoms with E-state index in [4.69, 9.17) is 0 Å². The zero-order valence-corrected chi connectivity index (χ0v) is 15.3. The molecule has 2 aromatic carbocycles. The third kappa shape index (κ3) is 3.68. The molecule has 1 aliphatic rings. The van der Waals surface area contributed by atoms with Gasteiger partial charge in [-0.2, -0.15) is 0 Å². The standard InChI is InChI=1S/C21H19N5O2/c1-14(27)23-16-6-4-7-17(13-16)24-21-22-11-9-18(25-21)20(28)26-12-10-15-5-2-3-8-19(15)26/h2-9,11,13H,10,12H2,1H3,(H,23,27)(H,22,24,25). The molecule has 0 radical (unpaired) electrons. The van der Waals surface area contributed by atoms with E-state index in [0.29, 0.717) is 29.6 Å². The number of hydrogen-bond donors (Lipinski definition) is 2. The first-order valence-corrected chi connectivity index (χ1v) is 8.97. The predicted molar refractivity (Wildman–Crippen MR) is 108 cm³/mol. The summed E-state index contributed by atoms with van der Waals surface area (Å²) in [5, 5.41) is 5.80. The number of carbonyl (C=O) groups excluding carboxylic acids is 2. The van der Waals surface area contributed by atoms with Crippen molar-refractivity contribution in [1.82, 2.24) is 9.97 Å². The van der Waals surface area contributed by atoms with E-state index in [1.165, 1.54) is 6.92 Å². The van der Waals surface area contributed by atoms with Gasteiger partial charge in [-0.05, 0) is 42.3 Å². The lowest BCUT2D eigenvalue weighted by atomic mass is 10.2. The highest BCUT2D eigenvalue weighted by Gasteiger charge is 2.26. The number of anilines is 4. The van der Waals surface area contributed by atoms with Crippen molar-refractivity contribution >= 4 is 34.8 Å². The van der Waals surface area contributed by atoms with Crippen LogP contribution in [0.3, 0.4) is 0 Å². The van der Waals surface area contributed by atoms with E-state index in [0.717, 1.165) is 17.7 Å². The van der Waals surface area contributed by atoms with Crippen LogP contribution in [0.2, 0.25) is 0 Å². The minimum absolute atomic E-state index is 0.146. The Morgan fingerprint density at radius 3 is 2.71 bits per heavy atom. The Labute approximate surface area is 162 Å². The van der Waals surface area contributed by atoms with Gasteiger partial charge in [-0.15, -0.1) is 0 Å². The van der Waals surface area contributed by atoms with E-state index in [-0.39, 0.29) is 11.8 Å². The normalized spacial score (nSPS) is 12.4. The van der Waals surface area contributed by atoms with Gasteiger partial charge in [0.05, 0.1) is 0 Å². The molecule has 140 valence electrons. The van der Waals surface area contributed by atoms with Crippen molar-refractivity contribution in [3.05, 3.63) is 72.1 Å². The van der Waals surface area contributed by atoms with E-state index in [1.807, 2.05) is 36.4 Å². The molecule has 0 bridgehead atoms. The van der Waals surface area contributed by atoms with Crippen LogP contribution in [-0.2, 0) is 11.2 Å². The second kappa shape index (κ2) is 7.48. The molecule has 28 heavy (non-hydrogen) atoms. The second-order valence-electron chi connectivity index (χ2n) is 6.49. The predicted octanol–water partition coefficient (Wildman–Crippen LogP) is 3.38. The second-order valence-corrected chi connectivity index (χ2v) is 6.49. The molecule has 1 aliphatic heterocycles. The van der Waals surface area contributed by atoms with Gasteiger partial charge in [0.1, 0.15) is 5.69 Å². The quantitative estimate of drug-likeness (QED) is 0.732. The van der Waals surface area contributed by atoms with Gasteiger partial charge >= 0.3 is 0 Å². The average Bonchev–Trinajstić information content (AvgIpc) is 3.11. The molecule has 7 heteroatoms. The third-order valence-corrected chi connectivity index (χ3v) is 4.45. The SMILES string of the molecule is CC(=O)Nc1cccc(Nc2nccc(C(=O)N3CCc4ccccc43)n2)c1. The Hall–Kier alpha value is -3.74. The minimum Gasteiger partial charge on any atom is -0.326 e. The molecule has 0 fully saturated rings. The van der Waals surface area contributed by atoms with Gasteiger partial charge in [0.15, 0.2) is 0 Å². The highest BCUT2D eigenvalue weighted by atomic mass is 16.2. The van der Waals surface area contributed by atoms with Crippen LogP contribution < -0.4 is 15.5 Å². The van der Waals surface area contributed by atoms with Crippen molar-refractivity contribution in [2.24, 2.45) is 0 Å². The Bertz CT molecular complexity index is 1050. The lowest BCUT2D eigenvalue weighted by molar-refractivity contribution is -0.114. The molecule has 2 heterocycles. The van der Waals surface area contributed by atoms with E-state index in [2.05, 4.69) is 20.6 Å². The topological polar surface area (TPSA) is 87.2 Å². The summed E-state index contributed by atoms with van der Waals surface area (Å²) < 4.78 is 0. The Morgan fingerprint density at radius 1 is 1.04 bits per heavy atom. The van der Waals surface area contributed by atoms with Gasteiger partial charge in [0, 0.05) is 36.7 Å². The maximum Gasteiger partial charge on any atom is 0.277 e. The van der Waals surface area contributed by atoms with E-state index < -0.39 is 0 Å². The number of rotatable bonds is 4. The van der Waals surface area contributed by atoms with Gasteiger partial charge in [-0.25, -0.2) is 9.97 Å². The van der Waals surface area contributed by atoms with Gasteiger partial charge in [-0.1, -0.05) is 24.3 Å². The van der Waals surface area contributed by atoms with Crippen LogP contribution in [0.1, 0.15) is 23.0 Å². The number of hydrogen-bond acceptors (Lipinski definition) is 5. The molecular formula is C21H19N5O2. The van der Waals surface area contributed by atoms with E-state index in [9.17, 15) is 9.59 Å².